The minimum atomic E-state index is -1.59. The van der Waals surface area contributed by atoms with Crippen LogP contribution in [0.1, 0.15) is 168 Å². The topological polar surface area (TPSA) is 152 Å². The molecule has 1 aliphatic rings. The number of ether oxygens (including phenoxy) is 4. The highest BCUT2D eigenvalue weighted by atomic mass is 16.7. The van der Waals surface area contributed by atoms with Crippen LogP contribution in [0.25, 0.3) is 0 Å². The van der Waals surface area contributed by atoms with E-state index in [2.05, 4.69) is 38.2 Å². The minimum Gasteiger partial charge on any atom is -0.462 e. The number of carbonyl (C=O) groups is 2. The van der Waals surface area contributed by atoms with Gasteiger partial charge < -0.3 is 39.4 Å². The maximum Gasteiger partial charge on any atom is 0.306 e. The highest BCUT2D eigenvalue weighted by molar-refractivity contribution is 5.70. The molecule has 1 rings (SSSR count). The molecule has 51 heavy (non-hydrogen) atoms. The van der Waals surface area contributed by atoms with Crippen molar-refractivity contribution in [2.75, 3.05) is 19.8 Å². The van der Waals surface area contributed by atoms with Crippen LogP contribution in [0.2, 0.25) is 0 Å². The van der Waals surface area contributed by atoms with E-state index in [1.807, 2.05) is 0 Å². The zero-order valence-corrected chi connectivity index (χ0v) is 32.1. The number of esters is 2. The molecule has 0 aromatic heterocycles. The summed E-state index contributed by atoms with van der Waals surface area (Å²) in [7, 11) is 0. The summed E-state index contributed by atoms with van der Waals surface area (Å²) in [5, 5.41) is 39.9. The molecular weight excluding hydrogens is 652 g/mol. The summed E-state index contributed by atoms with van der Waals surface area (Å²) >= 11 is 0. The molecule has 1 saturated heterocycles. The predicted octanol–water partition coefficient (Wildman–Crippen LogP) is 7.77. The molecule has 1 aliphatic heterocycles. The van der Waals surface area contributed by atoms with Crippen LogP contribution in [0.15, 0.2) is 24.3 Å². The average Bonchev–Trinajstić information content (AvgIpc) is 3.13. The van der Waals surface area contributed by atoms with E-state index in [0.29, 0.717) is 12.8 Å². The molecular formula is C41H74O10. The van der Waals surface area contributed by atoms with Crippen LogP contribution in [-0.4, -0.2) is 89.0 Å². The lowest BCUT2D eigenvalue weighted by Gasteiger charge is -2.39. The smallest absolute Gasteiger partial charge is 0.306 e. The van der Waals surface area contributed by atoms with Gasteiger partial charge in [0.15, 0.2) is 12.4 Å². The first kappa shape index (κ1) is 47.2. The van der Waals surface area contributed by atoms with Crippen molar-refractivity contribution in [3.63, 3.8) is 0 Å². The quantitative estimate of drug-likeness (QED) is 0.0300. The van der Waals surface area contributed by atoms with E-state index in [-0.39, 0.29) is 32.0 Å². The minimum absolute atomic E-state index is 0.222. The molecule has 0 aliphatic carbocycles. The second-order valence-electron chi connectivity index (χ2n) is 14.1. The average molecular weight is 727 g/mol. The zero-order chi connectivity index (χ0) is 37.4. The molecule has 1 heterocycles. The van der Waals surface area contributed by atoms with Crippen LogP contribution in [0.5, 0.6) is 0 Å². The monoisotopic (exact) mass is 727 g/mol. The van der Waals surface area contributed by atoms with Gasteiger partial charge in [-0.1, -0.05) is 134 Å². The van der Waals surface area contributed by atoms with Crippen LogP contribution < -0.4 is 0 Å². The molecule has 0 aromatic carbocycles. The highest BCUT2D eigenvalue weighted by Crippen LogP contribution is 2.22. The molecule has 6 atom stereocenters. The first-order chi connectivity index (χ1) is 24.8. The van der Waals surface area contributed by atoms with Crippen LogP contribution >= 0.6 is 0 Å². The second kappa shape index (κ2) is 32.8. The Bertz CT molecular complexity index is 892. The normalized spacial score (nSPS) is 21.4. The van der Waals surface area contributed by atoms with Crippen LogP contribution in [0.4, 0.5) is 0 Å². The van der Waals surface area contributed by atoms with Gasteiger partial charge in [-0.15, -0.1) is 0 Å². The highest BCUT2D eigenvalue weighted by Gasteiger charge is 2.44. The maximum atomic E-state index is 12.7. The van der Waals surface area contributed by atoms with E-state index < -0.39 is 49.4 Å². The van der Waals surface area contributed by atoms with Gasteiger partial charge in [0.1, 0.15) is 31.0 Å². The van der Waals surface area contributed by atoms with Crippen LogP contribution in [0, 0.1) is 0 Å². The van der Waals surface area contributed by atoms with E-state index in [1.54, 1.807) is 0 Å². The standard InChI is InChI=1S/C41H74O10/c1-3-5-7-9-11-13-15-16-17-18-20-21-23-25-27-29-36(43)48-32-34(33-49-41-40(47)39(46)38(45)35(31-42)51-41)50-37(44)30-28-26-24-22-19-14-12-10-8-6-4-2/h11,13,16-17,34-35,38-42,45-47H,3-10,12,14-15,18-33H2,1-2H3. The van der Waals surface area contributed by atoms with Gasteiger partial charge in [0.2, 0.25) is 0 Å². The van der Waals surface area contributed by atoms with E-state index in [4.69, 9.17) is 18.9 Å². The molecule has 0 amide bonds. The first-order valence-electron chi connectivity index (χ1n) is 20.4. The lowest BCUT2D eigenvalue weighted by molar-refractivity contribution is -0.305. The van der Waals surface area contributed by atoms with Crippen molar-refractivity contribution in [1.29, 1.82) is 0 Å². The number of aliphatic hydroxyl groups excluding tert-OH is 4. The number of hydrogen-bond donors (Lipinski definition) is 4. The Morgan fingerprint density at radius 1 is 0.608 bits per heavy atom. The van der Waals surface area contributed by atoms with Crippen molar-refractivity contribution in [2.45, 2.75) is 205 Å². The van der Waals surface area contributed by atoms with Gasteiger partial charge in [-0.25, -0.2) is 0 Å². The predicted molar refractivity (Wildman–Crippen MR) is 201 cm³/mol. The van der Waals surface area contributed by atoms with Crippen molar-refractivity contribution in [3.05, 3.63) is 24.3 Å². The fraction of sp³-hybridized carbons (Fsp3) is 0.854. The SMILES string of the molecule is CCCCCC=CCC=CCCCCCCCC(=O)OCC(COC1OC(CO)C(O)C(O)C1O)OC(=O)CCCCCCCCCCCCC. The summed E-state index contributed by atoms with van der Waals surface area (Å²) in [6, 6.07) is 0. The first-order valence-corrected chi connectivity index (χ1v) is 20.4. The van der Waals surface area contributed by atoms with Crippen molar-refractivity contribution < 1.29 is 49.0 Å². The Labute approximate surface area is 309 Å². The van der Waals surface area contributed by atoms with E-state index >= 15 is 0 Å². The van der Waals surface area contributed by atoms with Crippen LogP contribution in [0.3, 0.4) is 0 Å². The van der Waals surface area contributed by atoms with E-state index in [0.717, 1.165) is 57.8 Å². The van der Waals surface area contributed by atoms with Gasteiger partial charge in [0, 0.05) is 12.8 Å². The maximum absolute atomic E-state index is 12.7. The summed E-state index contributed by atoms with van der Waals surface area (Å²) in [5.41, 5.74) is 0. The molecule has 4 N–H and O–H groups in total. The number of unbranched alkanes of at least 4 members (excludes halogenated alkanes) is 18. The van der Waals surface area contributed by atoms with Gasteiger partial charge in [-0.3, -0.25) is 9.59 Å². The second-order valence-corrected chi connectivity index (χ2v) is 14.1. The third-order valence-corrected chi connectivity index (χ3v) is 9.34. The van der Waals surface area contributed by atoms with Gasteiger partial charge in [0.05, 0.1) is 13.2 Å². The summed E-state index contributed by atoms with van der Waals surface area (Å²) < 4.78 is 22.1. The van der Waals surface area contributed by atoms with Gasteiger partial charge >= 0.3 is 11.9 Å². The Kier molecular flexibility index (Phi) is 30.4. The molecule has 0 spiro atoms. The molecule has 1 fully saturated rings. The lowest BCUT2D eigenvalue weighted by Crippen LogP contribution is -2.59. The Balaban J connectivity index is 2.38. The number of rotatable bonds is 33. The van der Waals surface area contributed by atoms with Gasteiger partial charge in [-0.05, 0) is 44.9 Å². The van der Waals surface area contributed by atoms with Crippen molar-refractivity contribution in [1.82, 2.24) is 0 Å². The fourth-order valence-corrected chi connectivity index (χ4v) is 6.04. The molecule has 298 valence electrons. The van der Waals surface area contributed by atoms with Gasteiger partial charge in [0.25, 0.3) is 0 Å². The Hall–Kier alpha value is -1.82. The van der Waals surface area contributed by atoms with Gasteiger partial charge in [-0.2, -0.15) is 0 Å². The summed E-state index contributed by atoms with van der Waals surface area (Å²) in [5.74, 6) is -0.821. The van der Waals surface area contributed by atoms with Crippen molar-refractivity contribution in [2.24, 2.45) is 0 Å². The number of carbonyl (C=O) groups excluding carboxylic acids is 2. The summed E-state index contributed by atoms with van der Waals surface area (Å²) in [4.78, 5) is 25.2. The van der Waals surface area contributed by atoms with E-state index in [9.17, 15) is 30.0 Å². The molecule has 0 saturated carbocycles. The van der Waals surface area contributed by atoms with Crippen molar-refractivity contribution >= 4 is 11.9 Å². The third-order valence-electron chi connectivity index (χ3n) is 9.34. The molecule has 0 aromatic rings. The summed E-state index contributed by atoms with van der Waals surface area (Å²) in [6.45, 7) is 3.36. The van der Waals surface area contributed by atoms with Crippen molar-refractivity contribution in [3.8, 4) is 0 Å². The Morgan fingerprint density at radius 2 is 1.10 bits per heavy atom. The third kappa shape index (κ3) is 24.9. The summed E-state index contributed by atoms with van der Waals surface area (Å²) in [6.07, 6.45) is 26.1. The lowest BCUT2D eigenvalue weighted by atomic mass is 9.99. The molecule has 0 radical (unpaired) electrons. The Morgan fingerprint density at radius 3 is 1.67 bits per heavy atom. The zero-order valence-electron chi connectivity index (χ0n) is 32.1. The van der Waals surface area contributed by atoms with Crippen LogP contribution in [-0.2, 0) is 28.5 Å². The van der Waals surface area contributed by atoms with E-state index in [1.165, 1.54) is 70.6 Å². The number of allylic oxidation sites excluding steroid dienone is 4. The largest absolute Gasteiger partial charge is 0.462 e. The molecule has 6 unspecified atom stereocenters. The fourth-order valence-electron chi connectivity index (χ4n) is 6.04. The molecule has 10 nitrogen and oxygen atoms in total. The molecule has 10 heteroatoms. The molecule has 0 bridgehead atoms. The number of hydrogen-bond acceptors (Lipinski definition) is 10. The number of aliphatic hydroxyl groups is 4.